The second-order valence-electron chi connectivity index (χ2n) is 4.06. The van der Waals surface area contributed by atoms with Crippen molar-refractivity contribution in [1.29, 1.82) is 0 Å². The van der Waals surface area contributed by atoms with Gasteiger partial charge in [-0.25, -0.2) is 9.97 Å². The maximum absolute atomic E-state index is 5.83. The van der Waals surface area contributed by atoms with Crippen LogP contribution in [0, 0.1) is 6.92 Å². The van der Waals surface area contributed by atoms with E-state index in [0.29, 0.717) is 12.6 Å². The number of nitrogens with two attached hydrogens (primary N) is 1. The minimum atomic E-state index is 0.299. The van der Waals surface area contributed by atoms with Gasteiger partial charge in [0.05, 0.1) is 6.04 Å². The fourth-order valence-electron chi connectivity index (χ4n) is 2.12. The molecule has 15 heavy (non-hydrogen) atoms. The fraction of sp³-hybridized carbons (Fsp3) is 0.636. The van der Waals surface area contributed by atoms with Gasteiger partial charge in [0.2, 0.25) is 0 Å². The van der Waals surface area contributed by atoms with Gasteiger partial charge in [0.25, 0.3) is 0 Å². The van der Waals surface area contributed by atoms with Gasteiger partial charge in [-0.3, -0.25) is 4.90 Å². The quantitative estimate of drug-likeness (QED) is 0.797. The molecule has 1 aromatic heterocycles. The van der Waals surface area contributed by atoms with Gasteiger partial charge in [-0.2, -0.15) is 0 Å². The van der Waals surface area contributed by atoms with Gasteiger partial charge in [0.15, 0.2) is 0 Å². The standard InChI is InChI=1S/C11H18N4/c1-9-13-7-10(8-14-9)11(6-12)15-4-2-3-5-15/h7-8,11H,2-6,12H2,1H3. The van der Waals surface area contributed by atoms with Crippen LogP contribution >= 0.6 is 0 Å². The Labute approximate surface area is 90.5 Å². The zero-order chi connectivity index (χ0) is 10.7. The summed E-state index contributed by atoms with van der Waals surface area (Å²) in [5.74, 6) is 0.816. The number of aryl methyl sites for hydroxylation is 1. The Balaban J connectivity index is 2.14. The third-order valence-electron chi connectivity index (χ3n) is 2.99. The van der Waals surface area contributed by atoms with Crippen molar-refractivity contribution in [3.63, 3.8) is 0 Å². The number of hydrogen-bond donors (Lipinski definition) is 1. The summed E-state index contributed by atoms with van der Waals surface area (Å²) < 4.78 is 0. The summed E-state index contributed by atoms with van der Waals surface area (Å²) in [5, 5.41) is 0. The average molecular weight is 206 g/mol. The largest absolute Gasteiger partial charge is 0.329 e. The first-order valence-electron chi connectivity index (χ1n) is 5.54. The molecule has 1 atom stereocenters. The molecule has 1 saturated heterocycles. The molecule has 1 aromatic rings. The van der Waals surface area contributed by atoms with E-state index in [4.69, 9.17) is 5.73 Å². The highest BCUT2D eigenvalue weighted by molar-refractivity contribution is 5.12. The Morgan fingerprint density at radius 3 is 2.47 bits per heavy atom. The monoisotopic (exact) mass is 206 g/mol. The van der Waals surface area contributed by atoms with Crippen LogP contribution in [0.25, 0.3) is 0 Å². The van der Waals surface area contributed by atoms with E-state index in [1.807, 2.05) is 19.3 Å². The lowest BCUT2D eigenvalue weighted by Gasteiger charge is -2.25. The maximum atomic E-state index is 5.83. The Kier molecular flexibility index (Phi) is 3.28. The minimum Gasteiger partial charge on any atom is -0.329 e. The van der Waals surface area contributed by atoms with E-state index in [-0.39, 0.29) is 0 Å². The van der Waals surface area contributed by atoms with E-state index in [1.54, 1.807) is 0 Å². The first-order valence-corrected chi connectivity index (χ1v) is 5.54. The summed E-state index contributed by atoms with van der Waals surface area (Å²) in [6.45, 7) is 4.84. The molecule has 2 rings (SSSR count). The summed E-state index contributed by atoms with van der Waals surface area (Å²) in [6, 6.07) is 0.299. The molecule has 4 heteroatoms. The molecule has 0 spiro atoms. The molecule has 2 heterocycles. The second kappa shape index (κ2) is 4.68. The minimum absolute atomic E-state index is 0.299. The molecule has 0 aliphatic carbocycles. The molecule has 4 nitrogen and oxygen atoms in total. The van der Waals surface area contributed by atoms with Crippen LogP contribution in [0.1, 0.15) is 30.3 Å². The molecule has 0 saturated carbocycles. The van der Waals surface area contributed by atoms with Crippen molar-refractivity contribution in [3.05, 3.63) is 23.8 Å². The van der Waals surface area contributed by atoms with Crippen LogP contribution in [0.5, 0.6) is 0 Å². The molecular weight excluding hydrogens is 188 g/mol. The van der Waals surface area contributed by atoms with E-state index in [2.05, 4.69) is 14.9 Å². The van der Waals surface area contributed by atoms with Crippen LogP contribution in [0.3, 0.4) is 0 Å². The van der Waals surface area contributed by atoms with E-state index < -0.39 is 0 Å². The summed E-state index contributed by atoms with van der Waals surface area (Å²) in [7, 11) is 0. The normalized spacial score (nSPS) is 19.3. The summed E-state index contributed by atoms with van der Waals surface area (Å²) in [6.07, 6.45) is 6.36. The van der Waals surface area contributed by atoms with Crippen molar-refractivity contribution >= 4 is 0 Å². The highest BCUT2D eigenvalue weighted by Crippen LogP contribution is 2.22. The lowest BCUT2D eigenvalue weighted by molar-refractivity contribution is 0.250. The van der Waals surface area contributed by atoms with Crippen LogP contribution in [0.2, 0.25) is 0 Å². The van der Waals surface area contributed by atoms with E-state index in [9.17, 15) is 0 Å². The Morgan fingerprint density at radius 1 is 1.33 bits per heavy atom. The Hall–Kier alpha value is -1.00. The highest BCUT2D eigenvalue weighted by atomic mass is 15.2. The fourth-order valence-corrected chi connectivity index (χ4v) is 2.12. The van der Waals surface area contributed by atoms with Gasteiger partial charge < -0.3 is 5.73 Å². The lowest BCUT2D eigenvalue weighted by Crippen LogP contribution is -2.31. The van der Waals surface area contributed by atoms with Gasteiger partial charge in [-0.1, -0.05) is 0 Å². The van der Waals surface area contributed by atoms with Gasteiger partial charge in [-0.05, 0) is 32.9 Å². The predicted molar refractivity (Wildman–Crippen MR) is 59.4 cm³/mol. The lowest BCUT2D eigenvalue weighted by atomic mass is 10.1. The molecule has 1 unspecified atom stereocenters. The van der Waals surface area contributed by atoms with Crippen LogP contribution in [-0.4, -0.2) is 34.5 Å². The van der Waals surface area contributed by atoms with Crippen molar-refractivity contribution in [2.75, 3.05) is 19.6 Å². The second-order valence-corrected chi connectivity index (χ2v) is 4.06. The molecule has 1 aliphatic heterocycles. The third kappa shape index (κ3) is 2.33. The number of aromatic nitrogens is 2. The van der Waals surface area contributed by atoms with Crippen molar-refractivity contribution in [2.45, 2.75) is 25.8 Å². The molecule has 0 radical (unpaired) electrons. The van der Waals surface area contributed by atoms with Crippen LogP contribution in [-0.2, 0) is 0 Å². The maximum Gasteiger partial charge on any atom is 0.125 e. The smallest absolute Gasteiger partial charge is 0.125 e. The van der Waals surface area contributed by atoms with Crippen LogP contribution < -0.4 is 5.73 Å². The third-order valence-corrected chi connectivity index (χ3v) is 2.99. The number of rotatable bonds is 3. The Bertz CT molecular complexity index is 303. The average Bonchev–Trinajstić information content (AvgIpc) is 2.75. The van der Waals surface area contributed by atoms with Gasteiger partial charge in [0, 0.05) is 24.5 Å². The van der Waals surface area contributed by atoms with Crippen LogP contribution in [0.4, 0.5) is 0 Å². The number of hydrogen-bond acceptors (Lipinski definition) is 4. The molecule has 2 N–H and O–H groups in total. The molecular formula is C11H18N4. The van der Waals surface area contributed by atoms with E-state index >= 15 is 0 Å². The molecule has 1 aliphatic rings. The molecule has 0 amide bonds. The SMILES string of the molecule is Cc1ncc(C(CN)N2CCCC2)cn1. The molecule has 0 aromatic carbocycles. The first kappa shape index (κ1) is 10.5. The topological polar surface area (TPSA) is 55.0 Å². The summed E-state index contributed by atoms with van der Waals surface area (Å²) in [5.41, 5.74) is 6.97. The van der Waals surface area contributed by atoms with Crippen molar-refractivity contribution in [1.82, 2.24) is 14.9 Å². The first-order chi connectivity index (χ1) is 7.31. The molecule has 1 fully saturated rings. The van der Waals surface area contributed by atoms with E-state index in [1.165, 1.54) is 12.8 Å². The molecule has 0 bridgehead atoms. The van der Waals surface area contributed by atoms with Gasteiger partial charge in [0.1, 0.15) is 5.82 Å². The molecule has 82 valence electrons. The summed E-state index contributed by atoms with van der Waals surface area (Å²) >= 11 is 0. The summed E-state index contributed by atoms with van der Waals surface area (Å²) in [4.78, 5) is 10.9. The van der Waals surface area contributed by atoms with E-state index in [0.717, 1.165) is 24.5 Å². The van der Waals surface area contributed by atoms with Crippen molar-refractivity contribution in [2.24, 2.45) is 5.73 Å². The predicted octanol–water partition coefficient (Wildman–Crippen LogP) is 0.881. The Morgan fingerprint density at radius 2 is 1.93 bits per heavy atom. The van der Waals surface area contributed by atoms with Crippen molar-refractivity contribution < 1.29 is 0 Å². The van der Waals surface area contributed by atoms with Crippen LogP contribution in [0.15, 0.2) is 12.4 Å². The highest BCUT2D eigenvalue weighted by Gasteiger charge is 2.22. The van der Waals surface area contributed by atoms with Gasteiger partial charge >= 0.3 is 0 Å². The van der Waals surface area contributed by atoms with Crippen molar-refractivity contribution in [3.8, 4) is 0 Å². The number of likely N-dealkylation sites (tertiary alicyclic amines) is 1. The number of nitrogens with zero attached hydrogens (tertiary/aromatic N) is 3. The van der Waals surface area contributed by atoms with Gasteiger partial charge in [-0.15, -0.1) is 0 Å². The zero-order valence-corrected chi connectivity index (χ0v) is 9.19. The zero-order valence-electron chi connectivity index (χ0n) is 9.19.